The standard InChI is InChI=1S/C11H9N3O/c1-7-12-13-11-10(15)6-8-4-2-3-5-9(8)14(7)11/h2-5H,6H2,1H3. The molecule has 0 aliphatic carbocycles. The van der Waals surface area contributed by atoms with Crippen molar-refractivity contribution in [3.63, 3.8) is 0 Å². The van der Waals surface area contributed by atoms with E-state index < -0.39 is 0 Å². The van der Waals surface area contributed by atoms with E-state index in [-0.39, 0.29) is 5.78 Å². The van der Waals surface area contributed by atoms with E-state index in [1.165, 1.54) is 0 Å². The predicted molar refractivity (Wildman–Crippen MR) is 54.1 cm³/mol. The number of rotatable bonds is 0. The Morgan fingerprint density at radius 3 is 2.93 bits per heavy atom. The number of fused-ring (bicyclic) bond motifs is 3. The highest BCUT2D eigenvalue weighted by molar-refractivity contribution is 5.97. The molecule has 0 radical (unpaired) electrons. The average Bonchev–Trinajstić information content (AvgIpc) is 2.62. The van der Waals surface area contributed by atoms with Crippen molar-refractivity contribution >= 4 is 5.78 Å². The van der Waals surface area contributed by atoms with Crippen molar-refractivity contribution < 1.29 is 4.79 Å². The molecule has 0 bridgehead atoms. The molecule has 0 spiro atoms. The van der Waals surface area contributed by atoms with E-state index in [1.54, 1.807) is 0 Å². The lowest BCUT2D eigenvalue weighted by Crippen LogP contribution is -2.19. The van der Waals surface area contributed by atoms with Gasteiger partial charge in [-0.15, -0.1) is 10.2 Å². The van der Waals surface area contributed by atoms with Gasteiger partial charge in [-0.1, -0.05) is 18.2 Å². The highest BCUT2D eigenvalue weighted by Crippen LogP contribution is 2.24. The van der Waals surface area contributed by atoms with Crippen molar-refractivity contribution in [3.05, 3.63) is 41.5 Å². The molecule has 15 heavy (non-hydrogen) atoms. The molecule has 0 amide bonds. The fourth-order valence-electron chi connectivity index (χ4n) is 1.96. The maximum absolute atomic E-state index is 11.7. The first-order valence-corrected chi connectivity index (χ1v) is 4.81. The Balaban J connectivity index is 2.37. The summed E-state index contributed by atoms with van der Waals surface area (Å²) in [5.74, 6) is 1.24. The van der Waals surface area contributed by atoms with Crippen LogP contribution in [0.1, 0.15) is 22.0 Å². The van der Waals surface area contributed by atoms with Gasteiger partial charge in [-0.3, -0.25) is 9.36 Å². The Morgan fingerprint density at radius 1 is 1.27 bits per heavy atom. The summed E-state index contributed by atoms with van der Waals surface area (Å²) in [6.45, 7) is 1.85. The van der Waals surface area contributed by atoms with Gasteiger partial charge in [0.2, 0.25) is 11.6 Å². The van der Waals surface area contributed by atoms with Crippen LogP contribution in [0.5, 0.6) is 0 Å². The van der Waals surface area contributed by atoms with Crippen LogP contribution in [0.25, 0.3) is 5.69 Å². The second-order valence-corrected chi connectivity index (χ2v) is 3.63. The van der Waals surface area contributed by atoms with Gasteiger partial charge in [0, 0.05) is 6.42 Å². The molecule has 1 aromatic heterocycles. The minimum atomic E-state index is 0.0364. The van der Waals surface area contributed by atoms with E-state index in [9.17, 15) is 4.79 Å². The molecule has 1 aliphatic rings. The van der Waals surface area contributed by atoms with Crippen LogP contribution in [0, 0.1) is 6.92 Å². The molecule has 0 N–H and O–H groups in total. The van der Waals surface area contributed by atoms with E-state index in [2.05, 4.69) is 10.2 Å². The number of ketones is 1. The van der Waals surface area contributed by atoms with E-state index >= 15 is 0 Å². The van der Waals surface area contributed by atoms with Crippen LogP contribution in [0.15, 0.2) is 24.3 Å². The van der Waals surface area contributed by atoms with E-state index in [0.717, 1.165) is 17.1 Å². The Kier molecular flexibility index (Phi) is 1.54. The summed E-state index contributed by atoms with van der Waals surface area (Å²) in [4.78, 5) is 11.7. The van der Waals surface area contributed by atoms with E-state index in [1.807, 2.05) is 35.8 Å². The quantitative estimate of drug-likeness (QED) is 0.642. The lowest BCUT2D eigenvalue weighted by atomic mass is 10.0. The van der Waals surface area contributed by atoms with Gasteiger partial charge in [-0.25, -0.2) is 0 Å². The number of aromatic nitrogens is 3. The molecule has 4 heteroatoms. The molecule has 2 aromatic rings. The minimum Gasteiger partial charge on any atom is -0.290 e. The number of hydrogen-bond acceptors (Lipinski definition) is 3. The molecule has 2 heterocycles. The predicted octanol–water partition coefficient (Wildman–Crippen LogP) is 1.31. The van der Waals surface area contributed by atoms with Gasteiger partial charge in [-0.2, -0.15) is 0 Å². The summed E-state index contributed by atoms with van der Waals surface area (Å²) >= 11 is 0. The Bertz CT molecular complexity index is 557. The molecule has 3 rings (SSSR count). The minimum absolute atomic E-state index is 0.0364. The van der Waals surface area contributed by atoms with Crippen molar-refractivity contribution in [2.45, 2.75) is 13.3 Å². The number of aryl methyl sites for hydroxylation is 1. The summed E-state index contributed by atoms with van der Waals surface area (Å²) in [7, 11) is 0. The SMILES string of the molecule is Cc1nnc2n1-c1ccccc1CC2=O. The average molecular weight is 199 g/mol. The molecule has 0 fully saturated rings. The van der Waals surface area contributed by atoms with Gasteiger partial charge in [-0.05, 0) is 18.6 Å². The Labute approximate surface area is 86.6 Å². The number of nitrogens with zero attached hydrogens (tertiary/aromatic N) is 3. The largest absolute Gasteiger partial charge is 0.290 e. The zero-order chi connectivity index (χ0) is 10.4. The van der Waals surface area contributed by atoms with Crippen molar-refractivity contribution in [1.82, 2.24) is 14.8 Å². The summed E-state index contributed by atoms with van der Waals surface area (Å²) in [5.41, 5.74) is 2.06. The number of Topliss-reactive ketones (excluding diaryl/α,β-unsaturated/α-hetero) is 1. The number of benzene rings is 1. The summed E-state index contributed by atoms with van der Waals surface area (Å²) in [6.07, 6.45) is 0.425. The van der Waals surface area contributed by atoms with Gasteiger partial charge in [0.25, 0.3) is 0 Å². The van der Waals surface area contributed by atoms with E-state index in [4.69, 9.17) is 0 Å². The van der Waals surface area contributed by atoms with Crippen LogP contribution in [0.2, 0.25) is 0 Å². The number of para-hydroxylation sites is 1. The van der Waals surface area contributed by atoms with Crippen LogP contribution in [-0.4, -0.2) is 20.5 Å². The first-order valence-electron chi connectivity index (χ1n) is 4.81. The molecule has 74 valence electrons. The van der Waals surface area contributed by atoms with Gasteiger partial charge in [0.1, 0.15) is 5.82 Å². The van der Waals surface area contributed by atoms with Crippen molar-refractivity contribution in [2.75, 3.05) is 0 Å². The monoisotopic (exact) mass is 199 g/mol. The number of carbonyl (C=O) groups is 1. The lowest BCUT2D eigenvalue weighted by Gasteiger charge is -2.17. The zero-order valence-corrected chi connectivity index (χ0v) is 8.27. The maximum atomic E-state index is 11.7. The lowest BCUT2D eigenvalue weighted by molar-refractivity contribution is 0.0977. The normalized spacial score (nSPS) is 13.5. The topological polar surface area (TPSA) is 47.8 Å². The molecular weight excluding hydrogens is 190 g/mol. The summed E-state index contributed by atoms with van der Waals surface area (Å²) < 4.78 is 1.82. The van der Waals surface area contributed by atoms with Gasteiger partial charge >= 0.3 is 0 Å². The third kappa shape index (κ3) is 1.05. The molecule has 0 saturated heterocycles. The fourth-order valence-corrected chi connectivity index (χ4v) is 1.96. The smallest absolute Gasteiger partial charge is 0.205 e. The first-order chi connectivity index (χ1) is 7.27. The molecule has 1 aromatic carbocycles. The van der Waals surface area contributed by atoms with Gasteiger partial charge in [0.15, 0.2) is 0 Å². The third-order valence-corrected chi connectivity index (χ3v) is 2.66. The van der Waals surface area contributed by atoms with E-state index in [0.29, 0.717) is 12.2 Å². The molecule has 1 aliphatic heterocycles. The molecule has 0 saturated carbocycles. The Morgan fingerprint density at radius 2 is 2.07 bits per heavy atom. The fraction of sp³-hybridized carbons (Fsp3) is 0.182. The highest BCUT2D eigenvalue weighted by atomic mass is 16.1. The molecule has 0 atom stereocenters. The van der Waals surface area contributed by atoms with Crippen molar-refractivity contribution in [3.8, 4) is 5.69 Å². The molecule has 0 unspecified atom stereocenters. The van der Waals surface area contributed by atoms with Crippen LogP contribution in [0.4, 0.5) is 0 Å². The third-order valence-electron chi connectivity index (χ3n) is 2.66. The van der Waals surface area contributed by atoms with Crippen LogP contribution >= 0.6 is 0 Å². The van der Waals surface area contributed by atoms with Crippen molar-refractivity contribution in [1.29, 1.82) is 0 Å². The van der Waals surface area contributed by atoms with Crippen LogP contribution in [-0.2, 0) is 6.42 Å². The van der Waals surface area contributed by atoms with Gasteiger partial charge < -0.3 is 0 Å². The molecule has 4 nitrogen and oxygen atoms in total. The number of hydrogen-bond donors (Lipinski definition) is 0. The van der Waals surface area contributed by atoms with Crippen molar-refractivity contribution in [2.24, 2.45) is 0 Å². The highest BCUT2D eigenvalue weighted by Gasteiger charge is 2.25. The first kappa shape index (κ1) is 8.35. The van der Waals surface area contributed by atoms with Gasteiger partial charge in [0.05, 0.1) is 5.69 Å². The summed E-state index contributed by atoms with van der Waals surface area (Å²) in [6, 6.07) is 7.85. The molecular formula is C11H9N3O. The number of carbonyl (C=O) groups excluding carboxylic acids is 1. The Hall–Kier alpha value is -1.97. The zero-order valence-electron chi connectivity index (χ0n) is 8.27. The second kappa shape index (κ2) is 2.76. The van der Waals surface area contributed by atoms with Crippen LogP contribution in [0.3, 0.4) is 0 Å². The summed E-state index contributed by atoms with van der Waals surface area (Å²) in [5, 5.41) is 7.84. The van der Waals surface area contributed by atoms with Crippen LogP contribution < -0.4 is 0 Å². The second-order valence-electron chi connectivity index (χ2n) is 3.63. The maximum Gasteiger partial charge on any atom is 0.205 e.